The Balaban J connectivity index is 2.25. The van der Waals surface area contributed by atoms with Gasteiger partial charge in [-0.1, -0.05) is 12.2 Å². The third kappa shape index (κ3) is 3.76. The summed E-state index contributed by atoms with van der Waals surface area (Å²) in [5, 5.41) is 2.89. The van der Waals surface area contributed by atoms with E-state index in [0.717, 1.165) is 26.1 Å². The maximum atomic E-state index is 11.5. The van der Waals surface area contributed by atoms with E-state index in [1.165, 1.54) is 0 Å². The molecule has 86 valence electrons. The number of hydrogen-bond donors (Lipinski definition) is 2. The van der Waals surface area contributed by atoms with Crippen LogP contribution in [0.4, 0.5) is 0 Å². The Morgan fingerprint density at radius 2 is 2.40 bits per heavy atom. The quantitative estimate of drug-likeness (QED) is 0.665. The van der Waals surface area contributed by atoms with Gasteiger partial charge in [0.05, 0.1) is 10.9 Å². The van der Waals surface area contributed by atoms with Gasteiger partial charge in [0.1, 0.15) is 0 Å². The van der Waals surface area contributed by atoms with Crippen LogP contribution in [0.2, 0.25) is 0 Å². The van der Waals surface area contributed by atoms with Crippen LogP contribution in [-0.2, 0) is 4.79 Å². The lowest BCUT2D eigenvalue weighted by Gasteiger charge is -2.14. The fourth-order valence-electron chi connectivity index (χ4n) is 1.72. The van der Waals surface area contributed by atoms with Gasteiger partial charge >= 0.3 is 0 Å². The summed E-state index contributed by atoms with van der Waals surface area (Å²) in [4.78, 5) is 14.1. The molecule has 1 heterocycles. The van der Waals surface area contributed by atoms with E-state index in [9.17, 15) is 4.79 Å². The van der Waals surface area contributed by atoms with E-state index in [2.05, 4.69) is 17.3 Å². The average Bonchev–Trinajstić information content (AvgIpc) is 2.59. The predicted molar refractivity (Wildman–Crippen MR) is 64.6 cm³/mol. The Morgan fingerprint density at radius 3 is 2.87 bits per heavy atom. The molecule has 0 spiro atoms. The molecular formula is C10H19N3OS. The SMILES string of the molecule is CC(C(=O)NCC1CCN(C)C1)C(N)=S. The van der Waals surface area contributed by atoms with Crippen LogP contribution in [0, 0.1) is 11.8 Å². The molecule has 1 rings (SSSR count). The maximum Gasteiger partial charge on any atom is 0.229 e. The monoisotopic (exact) mass is 229 g/mol. The van der Waals surface area contributed by atoms with Crippen LogP contribution < -0.4 is 11.1 Å². The second-order valence-electron chi connectivity index (χ2n) is 4.29. The van der Waals surface area contributed by atoms with Crippen LogP contribution >= 0.6 is 12.2 Å². The molecule has 3 N–H and O–H groups in total. The van der Waals surface area contributed by atoms with Gasteiger partial charge in [0.2, 0.25) is 5.91 Å². The smallest absolute Gasteiger partial charge is 0.229 e. The highest BCUT2D eigenvalue weighted by Crippen LogP contribution is 2.12. The van der Waals surface area contributed by atoms with Crippen molar-refractivity contribution in [1.29, 1.82) is 0 Å². The summed E-state index contributed by atoms with van der Waals surface area (Å²) < 4.78 is 0. The van der Waals surface area contributed by atoms with Crippen LogP contribution in [0.5, 0.6) is 0 Å². The molecule has 15 heavy (non-hydrogen) atoms. The van der Waals surface area contributed by atoms with Crippen molar-refractivity contribution >= 4 is 23.1 Å². The second-order valence-corrected chi connectivity index (χ2v) is 4.76. The van der Waals surface area contributed by atoms with Crippen molar-refractivity contribution in [2.45, 2.75) is 13.3 Å². The summed E-state index contributed by atoms with van der Waals surface area (Å²) in [6.45, 7) is 4.64. The second kappa shape index (κ2) is 5.42. The number of thiocarbonyl (C=S) groups is 1. The van der Waals surface area contributed by atoms with E-state index in [0.29, 0.717) is 5.92 Å². The Kier molecular flexibility index (Phi) is 4.47. The Hall–Kier alpha value is -0.680. The molecule has 1 fully saturated rings. The number of nitrogens with zero attached hydrogens (tertiary/aromatic N) is 1. The molecule has 0 radical (unpaired) electrons. The minimum atomic E-state index is -0.362. The van der Waals surface area contributed by atoms with Crippen LogP contribution in [0.15, 0.2) is 0 Å². The molecule has 5 heteroatoms. The first-order chi connectivity index (χ1) is 7.00. The topological polar surface area (TPSA) is 58.4 Å². The van der Waals surface area contributed by atoms with Crippen molar-refractivity contribution < 1.29 is 4.79 Å². The van der Waals surface area contributed by atoms with Crippen molar-refractivity contribution in [3.05, 3.63) is 0 Å². The largest absolute Gasteiger partial charge is 0.393 e. The highest BCUT2D eigenvalue weighted by atomic mass is 32.1. The standard InChI is InChI=1S/C10H19N3OS/c1-7(9(11)15)10(14)12-5-8-3-4-13(2)6-8/h7-8H,3-6H2,1-2H3,(H2,11,15)(H,12,14). The van der Waals surface area contributed by atoms with E-state index in [4.69, 9.17) is 18.0 Å². The fraction of sp³-hybridized carbons (Fsp3) is 0.800. The number of hydrogen-bond acceptors (Lipinski definition) is 3. The van der Waals surface area contributed by atoms with Crippen LogP contribution in [-0.4, -0.2) is 42.5 Å². The minimum Gasteiger partial charge on any atom is -0.393 e. The molecule has 2 unspecified atom stereocenters. The molecule has 1 aliphatic heterocycles. The van der Waals surface area contributed by atoms with Gasteiger partial charge in [0.25, 0.3) is 0 Å². The molecule has 0 bridgehead atoms. The van der Waals surface area contributed by atoms with Gasteiger partial charge < -0.3 is 16.0 Å². The molecule has 0 aromatic carbocycles. The number of nitrogens with two attached hydrogens (primary N) is 1. The molecule has 1 amide bonds. The van der Waals surface area contributed by atoms with Crippen molar-refractivity contribution in [3.8, 4) is 0 Å². The van der Waals surface area contributed by atoms with Gasteiger partial charge in [-0.05, 0) is 32.9 Å². The number of nitrogens with one attached hydrogen (secondary N) is 1. The Bertz CT molecular complexity index is 257. The predicted octanol–water partition coefficient (Wildman–Crippen LogP) is -0.0235. The summed E-state index contributed by atoms with van der Waals surface area (Å²) in [6.07, 6.45) is 1.15. The Morgan fingerprint density at radius 1 is 1.73 bits per heavy atom. The first kappa shape index (κ1) is 12.4. The molecule has 0 saturated carbocycles. The minimum absolute atomic E-state index is 0.0583. The maximum absolute atomic E-state index is 11.5. The molecule has 0 aromatic heterocycles. The number of amides is 1. The molecule has 0 aromatic rings. The van der Waals surface area contributed by atoms with Crippen molar-refractivity contribution in [2.75, 3.05) is 26.7 Å². The van der Waals surface area contributed by atoms with Gasteiger partial charge in [-0.3, -0.25) is 4.79 Å². The van der Waals surface area contributed by atoms with Crippen LogP contribution in [0.25, 0.3) is 0 Å². The van der Waals surface area contributed by atoms with E-state index in [1.807, 2.05) is 0 Å². The van der Waals surface area contributed by atoms with E-state index < -0.39 is 0 Å². The van der Waals surface area contributed by atoms with E-state index in [1.54, 1.807) is 6.92 Å². The van der Waals surface area contributed by atoms with Crippen molar-refractivity contribution in [1.82, 2.24) is 10.2 Å². The van der Waals surface area contributed by atoms with E-state index in [-0.39, 0.29) is 16.8 Å². The molecular weight excluding hydrogens is 210 g/mol. The number of likely N-dealkylation sites (tertiary alicyclic amines) is 1. The highest BCUT2D eigenvalue weighted by Gasteiger charge is 2.21. The molecule has 1 saturated heterocycles. The van der Waals surface area contributed by atoms with E-state index >= 15 is 0 Å². The fourth-order valence-corrected chi connectivity index (χ4v) is 1.83. The summed E-state index contributed by atoms with van der Waals surface area (Å²) in [5.41, 5.74) is 5.41. The molecule has 1 aliphatic rings. The summed E-state index contributed by atoms with van der Waals surface area (Å²) >= 11 is 4.77. The lowest BCUT2D eigenvalue weighted by molar-refractivity contribution is -0.122. The third-order valence-electron chi connectivity index (χ3n) is 2.87. The van der Waals surface area contributed by atoms with Crippen molar-refractivity contribution in [2.24, 2.45) is 17.6 Å². The molecule has 0 aliphatic carbocycles. The van der Waals surface area contributed by atoms with Crippen molar-refractivity contribution in [3.63, 3.8) is 0 Å². The van der Waals surface area contributed by atoms with Gasteiger partial charge in [0.15, 0.2) is 0 Å². The highest BCUT2D eigenvalue weighted by molar-refractivity contribution is 7.80. The lowest BCUT2D eigenvalue weighted by atomic mass is 10.1. The summed E-state index contributed by atoms with van der Waals surface area (Å²) in [6, 6.07) is 0. The number of rotatable bonds is 4. The van der Waals surface area contributed by atoms with Crippen LogP contribution in [0.3, 0.4) is 0 Å². The van der Waals surface area contributed by atoms with Gasteiger partial charge in [-0.2, -0.15) is 0 Å². The average molecular weight is 229 g/mol. The Labute approximate surface area is 96.2 Å². The summed E-state index contributed by atoms with van der Waals surface area (Å²) in [7, 11) is 2.10. The van der Waals surface area contributed by atoms with Gasteiger partial charge in [0, 0.05) is 13.1 Å². The number of carbonyl (C=O) groups excluding carboxylic acids is 1. The normalized spacial score (nSPS) is 23.7. The molecule has 2 atom stereocenters. The summed E-state index contributed by atoms with van der Waals surface area (Å²) in [5.74, 6) is 0.147. The zero-order chi connectivity index (χ0) is 11.4. The van der Waals surface area contributed by atoms with Gasteiger partial charge in [-0.15, -0.1) is 0 Å². The lowest BCUT2D eigenvalue weighted by Crippen LogP contribution is -2.38. The van der Waals surface area contributed by atoms with Crippen LogP contribution in [0.1, 0.15) is 13.3 Å². The number of carbonyl (C=O) groups is 1. The zero-order valence-electron chi connectivity index (χ0n) is 9.32. The first-order valence-corrected chi connectivity index (χ1v) is 5.67. The first-order valence-electron chi connectivity index (χ1n) is 5.26. The molecule has 4 nitrogen and oxygen atoms in total. The third-order valence-corrected chi connectivity index (χ3v) is 3.23. The van der Waals surface area contributed by atoms with Gasteiger partial charge in [-0.25, -0.2) is 0 Å². The zero-order valence-corrected chi connectivity index (χ0v) is 10.1.